The van der Waals surface area contributed by atoms with Gasteiger partial charge in [0, 0.05) is 11.9 Å². The summed E-state index contributed by atoms with van der Waals surface area (Å²) in [6.45, 7) is 1.92. The number of nitrogens with zero attached hydrogens (tertiary/aromatic N) is 1. The van der Waals surface area contributed by atoms with Crippen molar-refractivity contribution in [2.45, 2.75) is 13.3 Å². The van der Waals surface area contributed by atoms with E-state index in [2.05, 4.69) is 4.98 Å². The molecular formula is C14H11F2NO2. The second kappa shape index (κ2) is 5.14. The Kier molecular flexibility index (Phi) is 3.55. The zero-order chi connectivity index (χ0) is 14.0. The van der Waals surface area contributed by atoms with Crippen LogP contribution in [0.15, 0.2) is 30.5 Å². The summed E-state index contributed by atoms with van der Waals surface area (Å²) in [5.74, 6) is -3.79. The van der Waals surface area contributed by atoms with Gasteiger partial charge in [-0.2, -0.15) is 0 Å². The third-order valence-electron chi connectivity index (χ3n) is 2.77. The zero-order valence-electron chi connectivity index (χ0n) is 10.2. The molecule has 0 fully saturated rings. The molecule has 0 saturated carbocycles. The van der Waals surface area contributed by atoms with Gasteiger partial charge < -0.3 is 5.11 Å². The summed E-state index contributed by atoms with van der Waals surface area (Å²) in [4.78, 5) is 14.8. The minimum absolute atomic E-state index is 0.289. The van der Waals surface area contributed by atoms with Gasteiger partial charge in [-0.05, 0) is 41.8 Å². The van der Waals surface area contributed by atoms with Crippen molar-refractivity contribution < 1.29 is 18.7 Å². The van der Waals surface area contributed by atoms with Gasteiger partial charge in [-0.1, -0.05) is 6.92 Å². The molecule has 5 heteroatoms. The molecular weight excluding hydrogens is 252 g/mol. The summed E-state index contributed by atoms with van der Waals surface area (Å²) in [6.07, 6.45) is 2.25. The number of benzene rings is 1. The van der Waals surface area contributed by atoms with Crippen molar-refractivity contribution >= 4 is 5.97 Å². The number of rotatable bonds is 3. The number of pyridine rings is 1. The summed E-state index contributed by atoms with van der Waals surface area (Å²) in [5, 5.41) is 8.70. The van der Waals surface area contributed by atoms with Crippen LogP contribution in [-0.2, 0) is 6.42 Å². The molecule has 1 N–H and O–H groups in total. The van der Waals surface area contributed by atoms with Crippen molar-refractivity contribution in [3.05, 3.63) is 53.4 Å². The van der Waals surface area contributed by atoms with E-state index < -0.39 is 23.2 Å². The Balaban J connectivity index is 2.55. The van der Waals surface area contributed by atoms with Gasteiger partial charge in [0.25, 0.3) is 0 Å². The molecule has 0 aliphatic carbocycles. The van der Waals surface area contributed by atoms with Gasteiger partial charge in [0.15, 0.2) is 0 Å². The van der Waals surface area contributed by atoms with Crippen LogP contribution in [0.4, 0.5) is 8.78 Å². The lowest BCUT2D eigenvalue weighted by molar-refractivity contribution is 0.0686. The molecule has 1 aromatic carbocycles. The van der Waals surface area contributed by atoms with Crippen LogP contribution in [0.1, 0.15) is 23.0 Å². The molecule has 0 atom stereocenters. The Morgan fingerprint density at radius 3 is 2.37 bits per heavy atom. The Labute approximate surface area is 108 Å². The summed E-state index contributed by atoms with van der Waals surface area (Å²) in [5.41, 5.74) is 0.743. The van der Waals surface area contributed by atoms with Gasteiger partial charge in [0.05, 0.1) is 0 Å². The molecule has 0 bridgehead atoms. The van der Waals surface area contributed by atoms with E-state index in [0.717, 1.165) is 17.8 Å². The first-order chi connectivity index (χ1) is 9.02. The third-order valence-corrected chi connectivity index (χ3v) is 2.77. The van der Waals surface area contributed by atoms with E-state index in [1.807, 2.05) is 6.92 Å². The lowest BCUT2D eigenvalue weighted by atomic mass is 10.0. The maximum Gasteiger partial charge on any atom is 0.341 e. The normalized spacial score (nSPS) is 10.5. The number of aryl methyl sites for hydroxylation is 1. The molecule has 19 heavy (non-hydrogen) atoms. The Bertz CT molecular complexity index is 618. The average molecular weight is 263 g/mol. The molecule has 0 amide bonds. The molecule has 0 unspecified atom stereocenters. The first-order valence-corrected chi connectivity index (χ1v) is 5.70. The van der Waals surface area contributed by atoms with Gasteiger partial charge in [0.2, 0.25) is 0 Å². The maximum absolute atomic E-state index is 13.6. The van der Waals surface area contributed by atoms with E-state index in [-0.39, 0.29) is 5.56 Å². The van der Waals surface area contributed by atoms with Crippen molar-refractivity contribution in [3.8, 4) is 11.1 Å². The van der Waals surface area contributed by atoms with Crippen LogP contribution in [0.25, 0.3) is 11.1 Å². The number of carboxylic acid groups (broad SMARTS) is 1. The molecule has 0 aliphatic heterocycles. The highest BCUT2D eigenvalue weighted by atomic mass is 19.1. The summed E-state index contributed by atoms with van der Waals surface area (Å²) in [7, 11) is 0. The summed E-state index contributed by atoms with van der Waals surface area (Å²) in [6, 6.07) is 5.37. The summed E-state index contributed by atoms with van der Waals surface area (Å²) < 4.78 is 27.2. The molecule has 98 valence electrons. The Morgan fingerprint density at radius 2 is 1.84 bits per heavy atom. The monoisotopic (exact) mass is 263 g/mol. The quantitative estimate of drug-likeness (QED) is 0.924. The van der Waals surface area contributed by atoms with Gasteiger partial charge in [0.1, 0.15) is 17.2 Å². The highest BCUT2D eigenvalue weighted by Crippen LogP contribution is 2.24. The topological polar surface area (TPSA) is 50.2 Å². The van der Waals surface area contributed by atoms with Gasteiger partial charge in [-0.15, -0.1) is 0 Å². The smallest absolute Gasteiger partial charge is 0.341 e. The number of carbonyl (C=O) groups is 1. The fourth-order valence-electron chi connectivity index (χ4n) is 1.80. The molecule has 1 aromatic heterocycles. The number of hydrogen-bond acceptors (Lipinski definition) is 2. The number of aromatic nitrogens is 1. The lowest BCUT2D eigenvalue weighted by Crippen LogP contribution is -2.05. The SMILES string of the molecule is CCc1cc(-c2cc(F)c(C(=O)O)c(F)c2)ccn1. The minimum atomic E-state index is -1.62. The fourth-order valence-corrected chi connectivity index (χ4v) is 1.80. The van der Waals surface area contributed by atoms with Crippen LogP contribution < -0.4 is 0 Å². The predicted molar refractivity (Wildman–Crippen MR) is 65.9 cm³/mol. The molecule has 0 saturated heterocycles. The number of halogens is 2. The maximum atomic E-state index is 13.6. The molecule has 3 nitrogen and oxygen atoms in total. The average Bonchev–Trinajstić information content (AvgIpc) is 2.37. The summed E-state index contributed by atoms with van der Waals surface area (Å²) >= 11 is 0. The number of hydrogen-bond donors (Lipinski definition) is 1. The Morgan fingerprint density at radius 1 is 1.21 bits per heavy atom. The zero-order valence-corrected chi connectivity index (χ0v) is 10.2. The van der Waals surface area contributed by atoms with E-state index in [1.165, 1.54) is 0 Å². The van der Waals surface area contributed by atoms with Crippen molar-refractivity contribution in [3.63, 3.8) is 0 Å². The van der Waals surface area contributed by atoms with E-state index in [1.54, 1.807) is 18.3 Å². The second-order valence-electron chi connectivity index (χ2n) is 4.01. The molecule has 0 radical (unpaired) electrons. The standard InChI is InChI=1S/C14H11F2NO2/c1-2-10-5-8(3-4-17-10)9-6-11(15)13(14(18)19)12(16)7-9/h3-7H,2H2,1H3,(H,18,19). The molecule has 1 heterocycles. The van der Waals surface area contributed by atoms with Crippen molar-refractivity contribution in [1.29, 1.82) is 0 Å². The third kappa shape index (κ3) is 2.59. The first kappa shape index (κ1) is 13.1. The molecule has 2 aromatic rings. The highest BCUT2D eigenvalue weighted by Gasteiger charge is 2.18. The van der Waals surface area contributed by atoms with Crippen LogP contribution in [-0.4, -0.2) is 16.1 Å². The van der Waals surface area contributed by atoms with Crippen LogP contribution in [0.2, 0.25) is 0 Å². The van der Waals surface area contributed by atoms with E-state index in [4.69, 9.17) is 5.11 Å². The first-order valence-electron chi connectivity index (χ1n) is 5.70. The fraction of sp³-hybridized carbons (Fsp3) is 0.143. The van der Waals surface area contributed by atoms with Crippen LogP contribution in [0.5, 0.6) is 0 Å². The second-order valence-corrected chi connectivity index (χ2v) is 4.01. The van der Waals surface area contributed by atoms with E-state index >= 15 is 0 Å². The Hall–Kier alpha value is -2.30. The van der Waals surface area contributed by atoms with Crippen molar-refractivity contribution in [2.75, 3.05) is 0 Å². The van der Waals surface area contributed by atoms with Gasteiger partial charge in [-0.25, -0.2) is 13.6 Å². The van der Waals surface area contributed by atoms with Crippen LogP contribution in [0.3, 0.4) is 0 Å². The number of aromatic carboxylic acids is 1. The predicted octanol–water partition coefficient (Wildman–Crippen LogP) is 3.29. The molecule has 0 aliphatic rings. The van der Waals surface area contributed by atoms with Gasteiger partial charge >= 0.3 is 5.97 Å². The van der Waals surface area contributed by atoms with Crippen molar-refractivity contribution in [2.24, 2.45) is 0 Å². The molecule has 0 spiro atoms. The van der Waals surface area contributed by atoms with E-state index in [9.17, 15) is 13.6 Å². The van der Waals surface area contributed by atoms with Crippen LogP contribution in [0, 0.1) is 11.6 Å². The van der Waals surface area contributed by atoms with Gasteiger partial charge in [-0.3, -0.25) is 4.98 Å². The van der Waals surface area contributed by atoms with Crippen molar-refractivity contribution in [1.82, 2.24) is 4.98 Å². The minimum Gasteiger partial charge on any atom is -0.477 e. The lowest BCUT2D eigenvalue weighted by Gasteiger charge is -2.06. The van der Waals surface area contributed by atoms with E-state index in [0.29, 0.717) is 12.0 Å². The highest BCUT2D eigenvalue weighted by molar-refractivity contribution is 5.89. The molecule has 2 rings (SSSR count). The van der Waals surface area contributed by atoms with Crippen LogP contribution >= 0.6 is 0 Å². The largest absolute Gasteiger partial charge is 0.477 e. The number of carboxylic acids is 1.